The molecule has 0 saturated heterocycles. The second kappa shape index (κ2) is 8.40. The molecule has 0 radical (unpaired) electrons. The first-order valence-corrected chi connectivity index (χ1v) is 10.8. The maximum Gasteiger partial charge on any atom is 0.354 e. The Morgan fingerprint density at radius 3 is 2.34 bits per heavy atom. The summed E-state index contributed by atoms with van der Waals surface area (Å²) >= 11 is 0. The normalized spacial score (nSPS) is 15.2. The number of hydrogen-bond donors (Lipinski definition) is 2. The van der Waals surface area contributed by atoms with Crippen LogP contribution >= 0.6 is 0 Å². The molecule has 1 heterocycles. The number of aryl methyl sites for hydroxylation is 1. The Balaban J connectivity index is 0.000000146. The fourth-order valence-electron chi connectivity index (χ4n) is 4.59. The summed E-state index contributed by atoms with van der Waals surface area (Å²) in [5.41, 5.74) is 2.56. The van der Waals surface area contributed by atoms with Gasteiger partial charge in [-0.05, 0) is 63.4 Å². The summed E-state index contributed by atoms with van der Waals surface area (Å²) in [6, 6.07) is 26.3. The molecule has 5 aromatic rings. The highest BCUT2D eigenvalue weighted by Gasteiger charge is 2.20. The minimum absolute atomic E-state index is 0.0821. The predicted molar refractivity (Wildman–Crippen MR) is 128 cm³/mol. The van der Waals surface area contributed by atoms with Crippen molar-refractivity contribution in [3.05, 3.63) is 102 Å². The summed E-state index contributed by atoms with van der Waals surface area (Å²) in [4.78, 5) is 14.4. The van der Waals surface area contributed by atoms with Gasteiger partial charge in [-0.1, -0.05) is 72.8 Å². The first-order valence-electron chi connectivity index (χ1n) is 10.8. The molecule has 0 amide bonds. The lowest BCUT2D eigenvalue weighted by molar-refractivity contribution is 0.0690. The molecule has 2 N–H and O–H groups in total. The van der Waals surface area contributed by atoms with Crippen LogP contribution < -0.4 is 0 Å². The first-order chi connectivity index (χ1) is 15.6. The molecular formula is C28H23NO3. The third-order valence-electron chi connectivity index (χ3n) is 6.19. The van der Waals surface area contributed by atoms with E-state index >= 15 is 0 Å². The van der Waals surface area contributed by atoms with Gasteiger partial charge in [-0.2, -0.15) is 0 Å². The van der Waals surface area contributed by atoms with E-state index in [1.807, 2.05) is 24.3 Å². The van der Waals surface area contributed by atoms with Gasteiger partial charge in [-0.25, -0.2) is 9.78 Å². The van der Waals surface area contributed by atoms with E-state index in [0.29, 0.717) is 0 Å². The van der Waals surface area contributed by atoms with Crippen molar-refractivity contribution in [1.29, 1.82) is 0 Å². The molecule has 1 aromatic heterocycles. The fourth-order valence-corrected chi connectivity index (χ4v) is 4.59. The summed E-state index contributed by atoms with van der Waals surface area (Å²) in [5, 5.41) is 25.9. The van der Waals surface area contributed by atoms with E-state index in [1.54, 1.807) is 12.3 Å². The molecule has 1 aliphatic carbocycles. The second-order valence-electron chi connectivity index (χ2n) is 8.15. The Morgan fingerprint density at radius 2 is 1.53 bits per heavy atom. The Morgan fingerprint density at radius 1 is 0.812 bits per heavy atom. The molecule has 0 aliphatic heterocycles. The van der Waals surface area contributed by atoms with E-state index in [0.717, 1.165) is 35.6 Å². The maximum absolute atomic E-state index is 10.6. The van der Waals surface area contributed by atoms with Crippen LogP contribution in [-0.2, 0) is 6.42 Å². The van der Waals surface area contributed by atoms with Crippen LogP contribution in [0.25, 0.3) is 32.3 Å². The van der Waals surface area contributed by atoms with Gasteiger partial charge in [0.2, 0.25) is 0 Å². The number of aromatic carboxylic acids is 1. The summed E-state index contributed by atoms with van der Waals surface area (Å²) < 4.78 is 0. The Labute approximate surface area is 185 Å². The molecule has 4 heteroatoms. The van der Waals surface area contributed by atoms with Crippen LogP contribution in [0.1, 0.15) is 40.6 Å². The standard InChI is InChI=1S/C18H16O.C10H7NO2/c19-18-7-3-6-14-16-9-8-12-4-1-2-5-13(12)15(16)10-11-17(14)18;12-10(13)9-5-7-3-1-2-4-8(7)6-11-9/h1-2,4-5,8-11,18-19H,3,6-7H2;1-6H,(H,12,13). The highest BCUT2D eigenvalue weighted by Crippen LogP contribution is 2.36. The molecule has 1 unspecified atom stereocenters. The summed E-state index contributed by atoms with van der Waals surface area (Å²) in [6.07, 6.45) is 4.35. The van der Waals surface area contributed by atoms with Crippen LogP contribution in [0.15, 0.2) is 85.1 Å². The van der Waals surface area contributed by atoms with E-state index in [2.05, 4.69) is 53.5 Å². The zero-order valence-corrected chi connectivity index (χ0v) is 17.5. The van der Waals surface area contributed by atoms with Crippen molar-refractivity contribution >= 4 is 38.3 Å². The Hall–Kier alpha value is -3.76. The van der Waals surface area contributed by atoms with Gasteiger partial charge in [0.25, 0.3) is 0 Å². The number of nitrogens with zero attached hydrogens (tertiary/aromatic N) is 1. The number of rotatable bonds is 1. The topological polar surface area (TPSA) is 70.4 Å². The number of aliphatic hydroxyl groups is 1. The number of aliphatic hydroxyl groups excluding tert-OH is 1. The lowest BCUT2D eigenvalue weighted by Gasteiger charge is -2.23. The van der Waals surface area contributed by atoms with Crippen LogP contribution in [-0.4, -0.2) is 21.2 Å². The fraction of sp³-hybridized carbons (Fsp3) is 0.143. The van der Waals surface area contributed by atoms with Crippen LogP contribution in [0.2, 0.25) is 0 Å². The van der Waals surface area contributed by atoms with Crippen LogP contribution in [0, 0.1) is 0 Å². The molecule has 4 nitrogen and oxygen atoms in total. The Bertz CT molecular complexity index is 1460. The van der Waals surface area contributed by atoms with Crippen molar-refractivity contribution in [3.8, 4) is 0 Å². The lowest BCUT2D eigenvalue weighted by atomic mass is 9.85. The largest absolute Gasteiger partial charge is 0.477 e. The molecule has 158 valence electrons. The first kappa shape index (κ1) is 20.2. The maximum atomic E-state index is 10.6. The number of carboxylic acids is 1. The van der Waals surface area contributed by atoms with Crippen molar-refractivity contribution in [2.24, 2.45) is 0 Å². The molecule has 0 saturated carbocycles. The molecule has 1 aliphatic rings. The minimum atomic E-state index is -0.995. The highest BCUT2D eigenvalue weighted by atomic mass is 16.4. The van der Waals surface area contributed by atoms with Gasteiger partial charge < -0.3 is 10.2 Å². The smallest absolute Gasteiger partial charge is 0.354 e. The second-order valence-corrected chi connectivity index (χ2v) is 8.15. The van der Waals surface area contributed by atoms with Gasteiger partial charge in [0.1, 0.15) is 5.69 Å². The predicted octanol–water partition coefficient (Wildman–Crippen LogP) is 6.30. The van der Waals surface area contributed by atoms with Gasteiger partial charge in [0.15, 0.2) is 0 Å². The molecule has 32 heavy (non-hydrogen) atoms. The molecule has 4 aromatic carbocycles. The number of pyridine rings is 1. The summed E-state index contributed by atoms with van der Waals surface area (Å²) in [5.74, 6) is -0.995. The molecule has 0 bridgehead atoms. The number of fused-ring (bicyclic) bond motifs is 6. The molecule has 6 rings (SSSR count). The minimum Gasteiger partial charge on any atom is -0.477 e. The molecule has 0 fully saturated rings. The monoisotopic (exact) mass is 421 g/mol. The van der Waals surface area contributed by atoms with Crippen LogP contribution in [0.5, 0.6) is 0 Å². The van der Waals surface area contributed by atoms with E-state index in [9.17, 15) is 9.90 Å². The average molecular weight is 421 g/mol. The zero-order valence-electron chi connectivity index (χ0n) is 17.5. The van der Waals surface area contributed by atoms with Gasteiger partial charge in [-0.15, -0.1) is 0 Å². The summed E-state index contributed by atoms with van der Waals surface area (Å²) in [6.45, 7) is 0. The number of hydrogen-bond acceptors (Lipinski definition) is 3. The van der Waals surface area contributed by atoms with Crippen molar-refractivity contribution in [3.63, 3.8) is 0 Å². The number of benzene rings is 4. The van der Waals surface area contributed by atoms with Crippen molar-refractivity contribution < 1.29 is 15.0 Å². The number of carbonyl (C=O) groups is 1. The van der Waals surface area contributed by atoms with Gasteiger partial charge in [-0.3, -0.25) is 0 Å². The third-order valence-corrected chi connectivity index (χ3v) is 6.19. The van der Waals surface area contributed by atoms with E-state index in [1.165, 1.54) is 27.1 Å². The number of carboxylic acid groups (broad SMARTS) is 1. The lowest BCUT2D eigenvalue weighted by Crippen LogP contribution is -2.09. The van der Waals surface area contributed by atoms with Crippen LogP contribution in [0.4, 0.5) is 0 Å². The highest BCUT2D eigenvalue weighted by molar-refractivity contribution is 6.08. The SMILES string of the molecule is O=C(O)c1cc2ccccc2cn1.OC1CCCc2c1ccc1c2ccc2ccccc21. The van der Waals surface area contributed by atoms with E-state index < -0.39 is 5.97 Å². The van der Waals surface area contributed by atoms with E-state index in [-0.39, 0.29) is 11.8 Å². The van der Waals surface area contributed by atoms with Gasteiger partial charge in [0, 0.05) is 11.6 Å². The summed E-state index contributed by atoms with van der Waals surface area (Å²) in [7, 11) is 0. The zero-order chi connectivity index (χ0) is 22.1. The third kappa shape index (κ3) is 3.70. The average Bonchev–Trinajstić information content (AvgIpc) is 2.84. The molecule has 1 atom stereocenters. The van der Waals surface area contributed by atoms with Crippen LogP contribution in [0.3, 0.4) is 0 Å². The van der Waals surface area contributed by atoms with Crippen molar-refractivity contribution in [2.45, 2.75) is 25.4 Å². The Kier molecular flexibility index (Phi) is 5.29. The molecular weight excluding hydrogens is 398 g/mol. The van der Waals surface area contributed by atoms with Crippen molar-refractivity contribution in [1.82, 2.24) is 4.98 Å². The van der Waals surface area contributed by atoms with Gasteiger partial charge >= 0.3 is 5.97 Å². The number of aromatic nitrogens is 1. The van der Waals surface area contributed by atoms with E-state index in [4.69, 9.17) is 5.11 Å². The van der Waals surface area contributed by atoms with Gasteiger partial charge in [0.05, 0.1) is 6.10 Å². The van der Waals surface area contributed by atoms with Crippen molar-refractivity contribution in [2.75, 3.05) is 0 Å². The molecule has 0 spiro atoms. The quantitative estimate of drug-likeness (QED) is 0.312.